The van der Waals surface area contributed by atoms with Gasteiger partial charge in [-0.25, -0.2) is 9.58 Å². The van der Waals surface area contributed by atoms with Gasteiger partial charge in [-0.2, -0.15) is 0 Å². The summed E-state index contributed by atoms with van der Waals surface area (Å²) in [5, 5.41) is 2.55. The molecule has 180 valence electrons. The molecular weight excluding hydrogens is 480 g/mol. The van der Waals surface area contributed by atoms with Crippen LogP contribution in [0.25, 0.3) is 5.69 Å². The summed E-state index contributed by atoms with van der Waals surface area (Å²) in [4.78, 5) is 40.3. The maximum absolute atomic E-state index is 13.2. The fraction of sp³-hybridized carbons (Fsp3) is 0.0741. The van der Waals surface area contributed by atoms with Gasteiger partial charge in [-0.05, 0) is 55.5 Å². The van der Waals surface area contributed by atoms with E-state index < -0.39 is 11.8 Å². The minimum absolute atomic E-state index is 0.155. The van der Waals surface area contributed by atoms with E-state index in [1.54, 1.807) is 55.1 Å². The van der Waals surface area contributed by atoms with E-state index >= 15 is 0 Å². The van der Waals surface area contributed by atoms with Crippen molar-refractivity contribution >= 4 is 34.8 Å². The zero-order valence-electron chi connectivity index (χ0n) is 19.4. The first kappa shape index (κ1) is 23.2. The first-order valence-corrected chi connectivity index (χ1v) is 11.5. The molecule has 0 aliphatic carbocycles. The molecule has 36 heavy (non-hydrogen) atoms. The molecule has 2 heterocycles. The molecule has 9 heteroatoms. The number of aromatic nitrogens is 2. The maximum Gasteiger partial charge on any atom is 0.295 e. The molecular formula is C27H21ClN4O4. The van der Waals surface area contributed by atoms with Crippen molar-refractivity contribution in [2.45, 2.75) is 6.92 Å². The number of nitrogens with one attached hydrogen (secondary N) is 1. The molecule has 0 bridgehead atoms. The maximum atomic E-state index is 13.2. The molecule has 1 aliphatic heterocycles. The van der Waals surface area contributed by atoms with Crippen molar-refractivity contribution in [1.82, 2.24) is 9.36 Å². The predicted molar refractivity (Wildman–Crippen MR) is 138 cm³/mol. The van der Waals surface area contributed by atoms with E-state index in [0.29, 0.717) is 28.6 Å². The van der Waals surface area contributed by atoms with Gasteiger partial charge in [0.25, 0.3) is 17.4 Å². The summed E-state index contributed by atoms with van der Waals surface area (Å²) in [6, 6.07) is 24.8. The number of rotatable bonds is 6. The number of benzene rings is 3. The standard InChI is InChI=1S/C27H21ClN4O4/c1-17-23(27(35)32(30(17)2)19-9-5-3-6-10-19)29-24-22(28)25(33)31(26(24)34)18-13-15-21(16-14-18)36-20-11-7-4-8-12-20/h3-16,29H,1-2H3. The van der Waals surface area contributed by atoms with Gasteiger partial charge < -0.3 is 10.1 Å². The number of carbonyl (C=O) groups excluding carboxylic acids is 2. The molecule has 0 radical (unpaired) electrons. The topological polar surface area (TPSA) is 85.6 Å². The van der Waals surface area contributed by atoms with E-state index in [-0.39, 0.29) is 22.0 Å². The van der Waals surface area contributed by atoms with Gasteiger partial charge in [0, 0.05) is 7.05 Å². The fourth-order valence-corrected chi connectivity index (χ4v) is 4.18. The highest BCUT2D eigenvalue weighted by molar-refractivity contribution is 6.53. The Morgan fingerprint density at radius 1 is 0.750 bits per heavy atom. The second kappa shape index (κ2) is 9.24. The van der Waals surface area contributed by atoms with Crippen LogP contribution in [0.3, 0.4) is 0 Å². The van der Waals surface area contributed by atoms with Gasteiger partial charge in [-0.3, -0.25) is 19.1 Å². The average molecular weight is 501 g/mol. The van der Waals surface area contributed by atoms with Crippen molar-refractivity contribution in [3.05, 3.63) is 112 Å². The number of anilines is 2. The second-order valence-corrected chi connectivity index (χ2v) is 8.48. The van der Waals surface area contributed by atoms with E-state index in [9.17, 15) is 14.4 Å². The Morgan fingerprint density at radius 3 is 1.97 bits per heavy atom. The lowest BCUT2D eigenvalue weighted by molar-refractivity contribution is -0.120. The van der Waals surface area contributed by atoms with Crippen LogP contribution in [-0.2, 0) is 16.6 Å². The molecule has 2 amide bonds. The van der Waals surface area contributed by atoms with Gasteiger partial charge in [-0.1, -0.05) is 48.0 Å². The van der Waals surface area contributed by atoms with E-state index in [0.717, 1.165) is 4.90 Å². The highest BCUT2D eigenvalue weighted by atomic mass is 35.5. The lowest BCUT2D eigenvalue weighted by atomic mass is 10.2. The van der Waals surface area contributed by atoms with Crippen LogP contribution in [0.2, 0.25) is 0 Å². The summed E-state index contributed by atoms with van der Waals surface area (Å²) in [6.45, 7) is 1.74. The van der Waals surface area contributed by atoms with Gasteiger partial charge in [0.1, 0.15) is 27.9 Å². The third-order valence-corrected chi connectivity index (χ3v) is 6.26. The van der Waals surface area contributed by atoms with Gasteiger partial charge in [-0.15, -0.1) is 0 Å². The fourth-order valence-electron chi connectivity index (χ4n) is 3.97. The average Bonchev–Trinajstić information content (AvgIpc) is 3.24. The lowest BCUT2D eigenvalue weighted by Gasteiger charge is -2.15. The van der Waals surface area contributed by atoms with Crippen molar-refractivity contribution in [1.29, 1.82) is 0 Å². The summed E-state index contributed by atoms with van der Waals surface area (Å²) in [6.07, 6.45) is 0. The molecule has 0 saturated carbocycles. The molecule has 1 aliphatic rings. The van der Waals surface area contributed by atoms with Crippen molar-refractivity contribution in [3.63, 3.8) is 0 Å². The number of para-hydroxylation sites is 2. The van der Waals surface area contributed by atoms with Crippen LogP contribution >= 0.6 is 11.6 Å². The summed E-state index contributed by atoms with van der Waals surface area (Å²) >= 11 is 6.29. The molecule has 0 saturated heterocycles. The molecule has 0 unspecified atom stereocenters. The van der Waals surface area contributed by atoms with Crippen molar-refractivity contribution in [2.24, 2.45) is 7.05 Å². The number of hydrogen-bond donors (Lipinski definition) is 1. The summed E-state index contributed by atoms with van der Waals surface area (Å²) in [7, 11) is 1.73. The van der Waals surface area contributed by atoms with Crippen molar-refractivity contribution in [2.75, 3.05) is 10.2 Å². The Hall–Kier alpha value is -4.56. The molecule has 0 spiro atoms. The number of amides is 2. The molecule has 5 rings (SSSR count). The largest absolute Gasteiger partial charge is 0.457 e. The summed E-state index contributed by atoms with van der Waals surface area (Å²) in [5.41, 5.74) is 1.18. The third-order valence-electron chi connectivity index (χ3n) is 5.91. The summed E-state index contributed by atoms with van der Waals surface area (Å²) in [5.74, 6) is -0.134. The van der Waals surface area contributed by atoms with E-state index in [1.807, 2.05) is 48.5 Å². The van der Waals surface area contributed by atoms with E-state index in [2.05, 4.69) is 5.32 Å². The lowest BCUT2D eigenvalue weighted by Crippen LogP contribution is -2.32. The third kappa shape index (κ3) is 3.97. The Kier molecular flexibility index (Phi) is 5.95. The van der Waals surface area contributed by atoms with Crippen molar-refractivity contribution in [3.8, 4) is 17.2 Å². The van der Waals surface area contributed by atoms with Crippen LogP contribution in [0, 0.1) is 6.92 Å². The van der Waals surface area contributed by atoms with E-state index in [1.165, 1.54) is 4.68 Å². The normalized spacial score (nSPS) is 13.5. The molecule has 3 aromatic carbocycles. The number of carbonyl (C=O) groups is 2. The van der Waals surface area contributed by atoms with Gasteiger partial charge in [0.15, 0.2) is 0 Å². The quantitative estimate of drug-likeness (QED) is 0.387. The van der Waals surface area contributed by atoms with Crippen molar-refractivity contribution < 1.29 is 14.3 Å². The number of imide groups is 1. The molecule has 4 aromatic rings. The highest BCUT2D eigenvalue weighted by Gasteiger charge is 2.39. The van der Waals surface area contributed by atoms with Crippen LogP contribution in [0.15, 0.2) is 100 Å². The first-order valence-electron chi connectivity index (χ1n) is 11.1. The van der Waals surface area contributed by atoms with Gasteiger partial charge >= 0.3 is 0 Å². The first-order chi connectivity index (χ1) is 17.4. The number of hydrogen-bond acceptors (Lipinski definition) is 5. The van der Waals surface area contributed by atoms with Crippen LogP contribution in [0.4, 0.5) is 11.4 Å². The highest BCUT2D eigenvalue weighted by Crippen LogP contribution is 2.32. The Balaban J connectivity index is 1.41. The molecule has 1 aromatic heterocycles. The number of nitrogens with zero attached hydrogens (tertiary/aromatic N) is 3. The van der Waals surface area contributed by atoms with Gasteiger partial charge in [0.2, 0.25) is 0 Å². The number of halogens is 1. The molecule has 1 N–H and O–H groups in total. The number of ether oxygens (including phenoxy) is 1. The van der Waals surface area contributed by atoms with Crippen LogP contribution < -0.4 is 20.5 Å². The molecule has 0 fully saturated rings. The summed E-state index contributed by atoms with van der Waals surface area (Å²) < 4.78 is 8.91. The molecule has 0 atom stereocenters. The second-order valence-electron chi connectivity index (χ2n) is 8.11. The Labute approximate surface area is 211 Å². The van der Waals surface area contributed by atoms with E-state index in [4.69, 9.17) is 16.3 Å². The monoisotopic (exact) mass is 500 g/mol. The van der Waals surface area contributed by atoms with Crippen LogP contribution in [-0.4, -0.2) is 21.2 Å². The Morgan fingerprint density at radius 2 is 1.33 bits per heavy atom. The minimum Gasteiger partial charge on any atom is -0.457 e. The van der Waals surface area contributed by atoms with Crippen LogP contribution in [0.1, 0.15) is 5.69 Å². The zero-order chi connectivity index (χ0) is 25.4. The Bertz CT molecular complexity index is 1560. The SMILES string of the molecule is Cc1c(NC2=C(Cl)C(=O)N(c3ccc(Oc4ccccc4)cc3)C2=O)c(=O)n(-c2ccccc2)n1C. The van der Waals surface area contributed by atoms with Gasteiger partial charge in [0.05, 0.1) is 17.1 Å². The zero-order valence-corrected chi connectivity index (χ0v) is 20.2. The molecule has 8 nitrogen and oxygen atoms in total. The predicted octanol–water partition coefficient (Wildman–Crippen LogP) is 4.71. The van der Waals surface area contributed by atoms with Crippen LogP contribution in [0.5, 0.6) is 11.5 Å². The minimum atomic E-state index is -0.683. The smallest absolute Gasteiger partial charge is 0.295 e.